The third kappa shape index (κ3) is 2.68. The van der Waals surface area contributed by atoms with Crippen molar-refractivity contribution in [3.05, 3.63) is 0 Å². The lowest BCUT2D eigenvalue weighted by Crippen LogP contribution is -2.86. The van der Waals surface area contributed by atoms with Crippen LogP contribution in [0.3, 0.4) is 0 Å². The third-order valence-electron chi connectivity index (χ3n) is 2.98. The molecule has 7 nitrogen and oxygen atoms in total. The Morgan fingerprint density at radius 3 is 1.61 bits per heavy atom. The number of ether oxygens (including phenoxy) is 1. The predicted octanol–water partition coefficient (Wildman–Crippen LogP) is 0.919. The van der Waals surface area contributed by atoms with Crippen molar-refractivity contribution in [2.24, 2.45) is 0 Å². The topological polar surface area (TPSA) is 127 Å². The molecule has 1 aliphatic heterocycles. The second-order valence-corrected chi connectivity index (χ2v) is 9.21. The summed E-state index contributed by atoms with van der Waals surface area (Å²) >= 11 is 43.7. The minimum absolute atomic E-state index is 2.05. The molecule has 0 spiro atoms. The van der Waals surface area contributed by atoms with Crippen molar-refractivity contribution in [1.29, 1.82) is 0 Å². The second-order valence-electron chi connectivity index (χ2n) is 4.43. The summed E-state index contributed by atoms with van der Waals surface area (Å²) in [6, 6.07) is 0. The van der Waals surface area contributed by atoms with Crippen molar-refractivity contribution in [1.82, 2.24) is 0 Å². The lowest BCUT2D eigenvalue weighted by molar-refractivity contribution is -0.401. The molecular weight excluding hydrogens is 492 g/mol. The Labute approximate surface area is 169 Å². The molecule has 5 atom stereocenters. The molecule has 0 aromatic heterocycles. The van der Waals surface area contributed by atoms with Crippen molar-refractivity contribution in [2.45, 2.75) is 34.9 Å². The van der Waals surface area contributed by atoms with Gasteiger partial charge in [0, 0.05) is 0 Å². The summed E-state index contributed by atoms with van der Waals surface area (Å²) in [7, 11) is 0. The first-order chi connectivity index (χ1) is 10.2. The first kappa shape index (κ1) is 21.1. The van der Waals surface area contributed by atoms with Crippen molar-refractivity contribution in [2.75, 3.05) is 0 Å². The SMILES string of the molecule is [2H]C(=O)C(Cl)(Cl)C1(O)O[C@](Cl)(C(O)(Cl)Cl)[C@@](O)(Cl)[C@@](O)(Cl)[C@]1(O)Cl. The quantitative estimate of drug-likeness (QED) is 0.289. The van der Waals surface area contributed by atoms with Gasteiger partial charge in [0.25, 0.3) is 10.3 Å². The minimum atomic E-state index is -4.00. The van der Waals surface area contributed by atoms with Crippen LogP contribution < -0.4 is 0 Å². The van der Waals surface area contributed by atoms with Gasteiger partial charge in [0.05, 0.1) is 0 Å². The summed E-state index contributed by atoms with van der Waals surface area (Å²) in [5, 5.41) is 35.4. The van der Waals surface area contributed by atoms with Gasteiger partial charge in [-0.3, -0.25) is 4.79 Å². The normalized spacial score (nSPS) is 49.7. The predicted molar refractivity (Wildman–Crippen MR) is 84.2 cm³/mol. The molecule has 0 radical (unpaired) electrons. The maximum absolute atomic E-state index is 11.3. The lowest BCUT2D eigenvalue weighted by atomic mass is 9.88. The van der Waals surface area contributed by atoms with Gasteiger partial charge in [-0.15, -0.1) is 0 Å². The van der Waals surface area contributed by atoms with Crippen molar-refractivity contribution < 1.29 is 36.4 Å². The van der Waals surface area contributed by atoms with Crippen LogP contribution in [-0.4, -0.2) is 66.7 Å². The molecule has 0 bridgehead atoms. The van der Waals surface area contributed by atoms with E-state index in [2.05, 4.69) is 4.74 Å². The highest BCUT2D eigenvalue weighted by atomic mass is 35.5. The van der Waals surface area contributed by atoms with E-state index in [9.17, 15) is 30.3 Å². The maximum atomic E-state index is 11.3. The van der Waals surface area contributed by atoms with E-state index >= 15 is 0 Å². The summed E-state index contributed by atoms with van der Waals surface area (Å²) < 4.78 is 4.44. The van der Waals surface area contributed by atoms with Gasteiger partial charge < -0.3 is 30.3 Å². The van der Waals surface area contributed by atoms with Crippen molar-refractivity contribution in [3.8, 4) is 0 Å². The van der Waals surface area contributed by atoms with Crippen LogP contribution in [0, 0.1) is 0 Å². The van der Waals surface area contributed by atoms with Crippen molar-refractivity contribution in [3.63, 3.8) is 0 Å². The van der Waals surface area contributed by atoms with E-state index in [0.29, 0.717) is 0 Å². The Bertz CT molecular complexity index is 563. The zero-order valence-electron chi connectivity index (χ0n) is 11.1. The average Bonchev–Trinajstić information content (AvgIpc) is 2.34. The van der Waals surface area contributed by atoms with E-state index in [1.807, 2.05) is 0 Å². The van der Waals surface area contributed by atoms with E-state index in [0.717, 1.165) is 0 Å². The average molecular weight is 499 g/mol. The monoisotopic (exact) mass is 495 g/mol. The first-order valence-electron chi connectivity index (χ1n) is 5.49. The van der Waals surface area contributed by atoms with Gasteiger partial charge in [-0.2, -0.15) is 0 Å². The summed E-state index contributed by atoms with van der Waals surface area (Å²) in [5.41, 5.74) is 0. The molecule has 0 amide bonds. The first-order valence-corrected chi connectivity index (χ1v) is 8.02. The van der Waals surface area contributed by atoms with Gasteiger partial charge in [-0.25, -0.2) is 0 Å². The fourth-order valence-corrected chi connectivity index (χ4v) is 3.73. The molecule has 0 aromatic rings. The summed E-state index contributed by atoms with van der Waals surface area (Å²) in [5.74, 6) is -4.00. The number of hydrogen-bond donors (Lipinski definition) is 5. The van der Waals surface area contributed by atoms with E-state index in [-0.39, 0.29) is 0 Å². The number of aldehydes is 1. The number of hydrogen-bond acceptors (Lipinski definition) is 7. The highest BCUT2D eigenvalue weighted by Gasteiger charge is 2.88. The Morgan fingerprint density at radius 1 is 0.913 bits per heavy atom. The van der Waals surface area contributed by atoms with Crippen LogP contribution in [0.1, 0.15) is 1.37 Å². The number of halogens is 8. The number of rotatable bonds is 3. The Balaban J connectivity index is 3.89. The van der Waals surface area contributed by atoms with Crippen LogP contribution in [0.15, 0.2) is 0 Å². The summed E-state index contributed by atoms with van der Waals surface area (Å²) in [6.07, 6.45) is -2.05. The Hall–Kier alpha value is 1.75. The van der Waals surface area contributed by atoms with Crippen LogP contribution in [0.4, 0.5) is 0 Å². The molecule has 1 unspecified atom stereocenters. The zero-order chi connectivity index (χ0) is 19.8. The van der Waals surface area contributed by atoms with Gasteiger partial charge in [-0.05, 0) is 0 Å². The van der Waals surface area contributed by atoms with Crippen LogP contribution in [0.2, 0.25) is 0 Å². The molecule has 0 aliphatic carbocycles. The molecule has 0 saturated carbocycles. The van der Waals surface area contributed by atoms with Crippen LogP contribution in [0.5, 0.6) is 0 Å². The Kier molecular flexibility index (Phi) is 5.38. The molecule has 23 heavy (non-hydrogen) atoms. The third-order valence-corrected chi connectivity index (χ3v) is 6.91. The fraction of sp³-hybridized carbons (Fsp3) is 0.875. The highest BCUT2D eigenvalue weighted by Crippen LogP contribution is 2.66. The zero-order valence-corrected chi connectivity index (χ0v) is 16.1. The molecule has 1 heterocycles. The molecule has 1 fully saturated rings. The smallest absolute Gasteiger partial charge is 0.263 e. The van der Waals surface area contributed by atoms with E-state index in [1.54, 1.807) is 0 Å². The molecule has 5 N–H and O–H groups in total. The summed E-state index contributed by atoms with van der Waals surface area (Å²) in [4.78, 5) is 11.3. The van der Waals surface area contributed by atoms with Gasteiger partial charge >= 0.3 is 0 Å². The highest BCUT2D eigenvalue weighted by molar-refractivity contribution is 6.58. The van der Waals surface area contributed by atoms with Gasteiger partial charge in [-0.1, -0.05) is 92.8 Å². The standard InChI is InChI=1S/C8H6Cl8O7/c9-2(10,1-17)7(21)5(13,20)3(11,18)4(12,19)6(14,23-7)8(15,16)22/h1,18-22H/t3-,4+,5+,6-,7?/m0/s1/i1D. The molecule has 136 valence electrons. The molecule has 0 aromatic carbocycles. The largest absolute Gasteiger partial charge is 0.368 e. The Morgan fingerprint density at radius 2 is 1.30 bits per heavy atom. The lowest BCUT2D eigenvalue weighted by Gasteiger charge is -2.61. The van der Waals surface area contributed by atoms with Gasteiger partial charge in [0.15, 0.2) is 6.26 Å². The van der Waals surface area contributed by atoms with Crippen LogP contribution in [0.25, 0.3) is 0 Å². The fourth-order valence-electron chi connectivity index (χ4n) is 1.60. The minimum Gasteiger partial charge on any atom is -0.368 e. The second kappa shape index (κ2) is 5.87. The van der Waals surface area contributed by atoms with E-state index in [4.69, 9.17) is 94.2 Å². The van der Waals surface area contributed by atoms with Gasteiger partial charge in [0.2, 0.25) is 24.6 Å². The molecule has 15 heteroatoms. The molecular formula is C8H6Cl8O7. The molecule has 1 saturated heterocycles. The van der Waals surface area contributed by atoms with Crippen LogP contribution >= 0.6 is 92.8 Å². The number of alkyl halides is 8. The molecule has 1 aliphatic rings. The molecule has 1 rings (SSSR count). The number of aliphatic hydroxyl groups is 5. The van der Waals surface area contributed by atoms with E-state index in [1.165, 1.54) is 0 Å². The van der Waals surface area contributed by atoms with Crippen LogP contribution in [-0.2, 0) is 9.53 Å². The maximum Gasteiger partial charge on any atom is 0.263 e. The number of carbonyl (C=O) groups excluding carboxylic acids is 1. The number of carbonyl (C=O) groups is 1. The van der Waals surface area contributed by atoms with Crippen molar-refractivity contribution >= 4 is 99.1 Å². The van der Waals surface area contributed by atoms with E-state index < -0.39 is 41.1 Å². The van der Waals surface area contributed by atoms with Gasteiger partial charge in [0.1, 0.15) is 1.37 Å². The summed E-state index contributed by atoms with van der Waals surface area (Å²) in [6.45, 7) is 0.